The summed E-state index contributed by atoms with van der Waals surface area (Å²) in [6.07, 6.45) is 5.27. The van der Waals surface area contributed by atoms with E-state index in [0.717, 1.165) is 64.1 Å². The number of rotatable bonds is 5. The maximum atomic E-state index is 13.0. The van der Waals surface area contributed by atoms with Crippen molar-refractivity contribution in [2.24, 2.45) is 0 Å². The van der Waals surface area contributed by atoms with Gasteiger partial charge in [-0.25, -0.2) is 4.39 Å². The Morgan fingerprint density at radius 2 is 2.11 bits per heavy atom. The number of carbonyl (C=O) groups excluding carboxylic acids is 1. The number of aromatic nitrogens is 3. The molecule has 0 spiro atoms. The molecule has 4 heterocycles. The molecule has 1 amide bonds. The predicted octanol–water partition coefficient (Wildman–Crippen LogP) is 1.72. The summed E-state index contributed by atoms with van der Waals surface area (Å²) in [5.41, 5.74) is 2.95. The molecular formula is C20H26FN5O2. The van der Waals surface area contributed by atoms with Gasteiger partial charge in [-0.1, -0.05) is 0 Å². The molecule has 2 saturated heterocycles. The van der Waals surface area contributed by atoms with Gasteiger partial charge < -0.3 is 9.64 Å². The van der Waals surface area contributed by atoms with Gasteiger partial charge >= 0.3 is 0 Å². The van der Waals surface area contributed by atoms with Crippen LogP contribution in [-0.2, 0) is 22.5 Å². The Bertz CT molecular complexity index is 788. The summed E-state index contributed by atoms with van der Waals surface area (Å²) in [5.74, 6) is -0.0863. The van der Waals surface area contributed by atoms with Gasteiger partial charge in [0, 0.05) is 55.6 Å². The largest absolute Gasteiger partial charge is 0.379 e. The Hall–Kier alpha value is -2.32. The standard InChI is InChI=1S/C20H26FN5O2/c21-17-3-4-18(22-12-17)10-19(27)26-5-1-2-15(14-26)20-16(11-23-24-20)13-25-6-8-28-9-7-25/h3-4,11-12,15H,1-2,5-10,13-14H2,(H,23,24). The molecule has 2 aromatic rings. The van der Waals surface area contributed by atoms with Crippen LogP contribution in [-0.4, -0.2) is 70.3 Å². The maximum Gasteiger partial charge on any atom is 0.228 e. The van der Waals surface area contributed by atoms with Crippen LogP contribution in [0.25, 0.3) is 0 Å². The number of piperidine rings is 1. The van der Waals surface area contributed by atoms with E-state index < -0.39 is 0 Å². The molecule has 4 rings (SSSR count). The number of pyridine rings is 1. The average Bonchev–Trinajstić information content (AvgIpc) is 3.19. The zero-order chi connectivity index (χ0) is 19.3. The summed E-state index contributed by atoms with van der Waals surface area (Å²) < 4.78 is 18.4. The topological polar surface area (TPSA) is 74.4 Å². The molecule has 0 saturated carbocycles. The number of hydrogen-bond donors (Lipinski definition) is 1. The highest BCUT2D eigenvalue weighted by molar-refractivity contribution is 5.78. The van der Waals surface area contributed by atoms with Crippen molar-refractivity contribution in [3.8, 4) is 0 Å². The number of H-pyrrole nitrogens is 1. The zero-order valence-corrected chi connectivity index (χ0v) is 15.9. The molecule has 0 radical (unpaired) electrons. The normalized spacial score (nSPS) is 21.0. The van der Waals surface area contributed by atoms with Crippen LogP contribution in [0.3, 0.4) is 0 Å². The number of amides is 1. The van der Waals surface area contributed by atoms with Gasteiger partial charge in [-0.3, -0.25) is 19.8 Å². The lowest BCUT2D eigenvalue weighted by Crippen LogP contribution is -2.40. The number of hydrogen-bond acceptors (Lipinski definition) is 5. The first kappa shape index (κ1) is 19.0. The van der Waals surface area contributed by atoms with Gasteiger partial charge in [0.2, 0.25) is 5.91 Å². The van der Waals surface area contributed by atoms with E-state index in [-0.39, 0.29) is 24.1 Å². The summed E-state index contributed by atoms with van der Waals surface area (Å²) in [6.45, 7) is 5.71. The first-order valence-electron chi connectivity index (χ1n) is 9.89. The first-order valence-corrected chi connectivity index (χ1v) is 9.89. The Balaban J connectivity index is 1.39. The number of nitrogens with one attached hydrogen (secondary N) is 1. The molecule has 8 heteroatoms. The molecule has 0 aromatic carbocycles. The van der Waals surface area contributed by atoms with Crippen molar-refractivity contribution in [1.29, 1.82) is 0 Å². The van der Waals surface area contributed by atoms with E-state index in [1.807, 2.05) is 11.1 Å². The van der Waals surface area contributed by atoms with Crippen molar-refractivity contribution in [1.82, 2.24) is 25.0 Å². The molecule has 2 fully saturated rings. The molecule has 7 nitrogen and oxygen atoms in total. The van der Waals surface area contributed by atoms with Gasteiger partial charge in [-0.2, -0.15) is 5.10 Å². The number of nitrogens with zero attached hydrogens (tertiary/aromatic N) is 4. The minimum absolute atomic E-state index is 0.0399. The fourth-order valence-electron chi connectivity index (χ4n) is 4.02. The van der Waals surface area contributed by atoms with Crippen LogP contribution in [0.15, 0.2) is 24.5 Å². The number of likely N-dealkylation sites (tertiary alicyclic amines) is 1. The van der Waals surface area contributed by atoms with Crippen LogP contribution in [0.5, 0.6) is 0 Å². The molecule has 2 aromatic heterocycles. The van der Waals surface area contributed by atoms with E-state index in [4.69, 9.17) is 4.74 Å². The highest BCUT2D eigenvalue weighted by Gasteiger charge is 2.28. The molecule has 2 aliphatic rings. The van der Waals surface area contributed by atoms with Gasteiger partial charge in [0.25, 0.3) is 0 Å². The Kier molecular flexibility index (Phi) is 5.97. The number of ether oxygens (including phenoxy) is 1. The van der Waals surface area contributed by atoms with E-state index >= 15 is 0 Å². The molecular weight excluding hydrogens is 361 g/mol. The lowest BCUT2D eigenvalue weighted by molar-refractivity contribution is -0.131. The lowest BCUT2D eigenvalue weighted by atomic mass is 9.92. The summed E-state index contributed by atoms with van der Waals surface area (Å²) in [4.78, 5) is 21.0. The van der Waals surface area contributed by atoms with Crippen LogP contribution in [0.1, 0.15) is 35.7 Å². The summed E-state index contributed by atoms with van der Waals surface area (Å²) >= 11 is 0. The van der Waals surface area contributed by atoms with E-state index in [9.17, 15) is 9.18 Å². The number of carbonyl (C=O) groups is 1. The van der Waals surface area contributed by atoms with Crippen LogP contribution >= 0.6 is 0 Å². The molecule has 2 aliphatic heterocycles. The second kappa shape index (κ2) is 8.79. The Morgan fingerprint density at radius 3 is 2.89 bits per heavy atom. The van der Waals surface area contributed by atoms with Crippen LogP contribution in [0.4, 0.5) is 4.39 Å². The van der Waals surface area contributed by atoms with Crippen LogP contribution < -0.4 is 0 Å². The van der Waals surface area contributed by atoms with Crippen molar-refractivity contribution in [3.05, 3.63) is 47.3 Å². The molecule has 1 N–H and O–H groups in total. The van der Waals surface area contributed by atoms with Gasteiger partial charge in [0.15, 0.2) is 0 Å². The van der Waals surface area contributed by atoms with Crippen molar-refractivity contribution in [2.75, 3.05) is 39.4 Å². The van der Waals surface area contributed by atoms with E-state index in [1.54, 1.807) is 6.07 Å². The molecule has 0 aliphatic carbocycles. The van der Waals surface area contributed by atoms with Crippen molar-refractivity contribution in [3.63, 3.8) is 0 Å². The van der Waals surface area contributed by atoms with E-state index in [1.165, 1.54) is 11.6 Å². The van der Waals surface area contributed by atoms with Gasteiger partial charge in [-0.15, -0.1) is 0 Å². The zero-order valence-electron chi connectivity index (χ0n) is 15.9. The lowest BCUT2D eigenvalue weighted by Gasteiger charge is -2.33. The van der Waals surface area contributed by atoms with E-state index in [2.05, 4.69) is 20.1 Å². The van der Waals surface area contributed by atoms with E-state index in [0.29, 0.717) is 12.2 Å². The van der Waals surface area contributed by atoms with Crippen molar-refractivity contribution in [2.45, 2.75) is 31.7 Å². The minimum Gasteiger partial charge on any atom is -0.379 e. The number of aromatic amines is 1. The quantitative estimate of drug-likeness (QED) is 0.846. The third-order valence-electron chi connectivity index (χ3n) is 5.55. The maximum absolute atomic E-state index is 13.0. The molecule has 1 atom stereocenters. The number of halogens is 1. The van der Waals surface area contributed by atoms with Crippen molar-refractivity contribution >= 4 is 5.91 Å². The fourth-order valence-corrected chi connectivity index (χ4v) is 4.02. The smallest absolute Gasteiger partial charge is 0.228 e. The van der Waals surface area contributed by atoms with Gasteiger partial charge in [0.1, 0.15) is 5.82 Å². The van der Waals surface area contributed by atoms with Crippen molar-refractivity contribution < 1.29 is 13.9 Å². The molecule has 1 unspecified atom stereocenters. The van der Waals surface area contributed by atoms with Crippen LogP contribution in [0.2, 0.25) is 0 Å². The predicted molar refractivity (Wildman–Crippen MR) is 101 cm³/mol. The first-order chi connectivity index (χ1) is 13.7. The Morgan fingerprint density at radius 1 is 1.25 bits per heavy atom. The summed E-state index contributed by atoms with van der Waals surface area (Å²) in [7, 11) is 0. The molecule has 28 heavy (non-hydrogen) atoms. The van der Waals surface area contributed by atoms with Gasteiger partial charge in [-0.05, 0) is 25.0 Å². The van der Waals surface area contributed by atoms with Crippen LogP contribution in [0, 0.1) is 5.82 Å². The highest BCUT2D eigenvalue weighted by Crippen LogP contribution is 2.29. The SMILES string of the molecule is O=C(Cc1ccc(F)cn1)N1CCCC(c2[nH]ncc2CN2CCOCC2)C1. The highest BCUT2D eigenvalue weighted by atomic mass is 19.1. The fraction of sp³-hybridized carbons (Fsp3) is 0.550. The number of morpholine rings is 1. The minimum atomic E-state index is -0.388. The summed E-state index contributed by atoms with van der Waals surface area (Å²) in [5, 5.41) is 7.46. The average molecular weight is 387 g/mol. The Labute approximate surface area is 163 Å². The third kappa shape index (κ3) is 4.56. The summed E-state index contributed by atoms with van der Waals surface area (Å²) in [6, 6.07) is 2.92. The monoisotopic (exact) mass is 387 g/mol. The molecule has 0 bridgehead atoms. The molecule has 150 valence electrons. The third-order valence-corrected chi connectivity index (χ3v) is 5.55. The second-order valence-electron chi connectivity index (χ2n) is 7.52. The second-order valence-corrected chi connectivity index (χ2v) is 7.52. The van der Waals surface area contributed by atoms with Gasteiger partial charge in [0.05, 0.1) is 32.0 Å².